The van der Waals surface area contributed by atoms with Crippen molar-refractivity contribution in [3.8, 4) is 0 Å². The zero-order chi connectivity index (χ0) is 21.1. The second-order valence-electron chi connectivity index (χ2n) is 7.97. The van der Waals surface area contributed by atoms with E-state index in [4.69, 9.17) is 4.42 Å². The molecule has 2 atom stereocenters. The number of hydrogen-bond donors (Lipinski definition) is 1. The van der Waals surface area contributed by atoms with Gasteiger partial charge < -0.3 is 19.2 Å². The lowest BCUT2D eigenvalue weighted by Gasteiger charge is -2.26. The molecule has 2 saturated heterocycles. The fourth-order valence-electron chi connectivity index (χ4n) is 4.41. The first-order valence-electron chi connectivity index (χ1n) is 9.91. The van der Waals surface area contributed by atoms with Crippen molar-refractivity contribution in [3.63, 3.8) is 0 Å². The second kappa shape index (κ2) is 8.41. The van der Waals surface area contributed by atoms with Crippen LogP contribution in [0, 0.1) is 11.3 Å². The highest BCUT2D eigenvalue weighted by Gasteiger charge is 2.53. The van der Waals surface area contributed by atoms with Gasteiger partial charge in [-0.1, -0.05) is 30.3 Å². The van der Waals surface area contributed by atoms with Crippen LogP contribution in [0.15, 0.2) is 47.1 Å². The molecular weight excluding hydrogens is 386 g/mol. The Morgan fingerprint density at radius 1 is 1.30 bits per heavy atom. The molecule has 2 aliphatic heterocycles. The molecule has 8 heteroatoms. The van der Waals surface area contributed by atoms with E-state index in [1.54, 1.807) is 6.08 Å². The van der Waals surface area contributed by atoms with E-state index in [2.05, 4.69) is 14.6 Å². The van der Waals surface area contributed by atoms with Gasteiger partial charge in [-0.3, -0.25) is 9.69 Å². The van der Waals surface area contributed by atoms with Gasteiger partial charge >= 0.3 is 5.97 Å². The third-order valence-electron chi connectivity index (χ3n) is 5.98. The summed E-state index contributed by atoms with van der Waals surface area (Å²) in [5, 5.41) is 10.1. The lowest BCUT2D eigenvalue weighted by atomic mass is 9.82. The van der Waals surface area contributed by atoms with Gasteiger partial charge in [0.05, 0.1) is 20.3 Å². The summed E-state index contributed by atoms with van der Waals surface area (Å²) < 4.78 is 10.0. The van der Waals surface area contributed by atoms with Gasteiger partial charge in [0.1, 0.15) is 6.26 Å². The summed E-state index contributed by atoms with van der Waals surface area (Å²) in [6.07, 6.45) is 4.70. The normalized spacial score (nSPS) is 23.8. The van der Waals surface area contributed by atoms with Crippen LogP contribution in [0.1, 0.15) is 21.9 Å². The molecule has 0 saturated carbocycles. The highest BCUT2D eigenvalue weighted by molar-refractivity contribution is 5.92. The van der Waals surface area contributed by atoms with Gasteiger partial charge in [-0.2, -0.15) is 0 Å². The number of carbonyl (C=O) groups is 2. The standard InChI is InChI=1S/C22H25N3O5/c1-29-21(28)18-12-30-19(23-18)11-24-9-17-10-25(14-22(17,13-24)15-26)20(27)8-7-16-5-3-2-4-6-16/h2-8,12,17,26H,9-11,13-15H2,1H3/t17-,22+/m0/s1. The Balaban J connectivity index is 1.37. The molecule has 2 fully saturated rings. The van der Waals surface area contributed by atoms with Crippen molar-refractivity contribution in [2.24, 2.45) is 11.3 Å². The summed E-state index contributed by atoms with van der Waals surface area (Å²) in [5.41, 5.74) is 0.768. The van der Waals surface area contributed by atoms with Crippen molar-refractivity contribution >= 4 is 18.0 Å². The Kier molecular flexibility index (Phi) is 5.69. The fourth-order valence-corrected chi connectivity index (χ4v) is 4.41. The van der Waals surface area contributed by atoms with Crippen LogP contribution in [0.2, 0.25) is 0 Å². The average Bonchev–Trinajstić information content (AvgIpc) is 3.45. The Labute approximate surface area is 174 Å². The maximum absolute atomic E-state index is 12.7. The van der Waals surface area contributed by atoms with Crippen molar-refractivity contribution in [3.05, 3.63) is 59.8 Å². The number of esters is 1. The summed E-state index contributed by atoms with van der Waals surface area (Å²) >= 11 is 0. The van der Waals surface area contributed by atoms with Crippen molar-refractivity contribution in [1.29, 1.82) is 0 Å². The predicted octanol–water partition coefficient (Wildman–Crippen LogP) is 1.43. The number of nitrogens with zero attached hydrogens (tertiary/aromatic N) is 3. The first-order chi connectivity index (χ1) is 14.5. The lowest BCUT2D eigenvalue weighted by molar-refractivity contribution is -0.125. The van der Waals surface area contributed by atoms with E-state index in [1.807, 2.05) is 41.3 Å². The number of fused-ring (bicyclic) bond motifs is 1. The van der Waals surface area contributed by atoms with E-state index in [0.717, 1.165) is 12.1 Å². The molecule has 3 heterocycles. The molecule has 158 valence electrons. The van der Waals surface area contributed by atoms with Gasteiger partial charge in [-0.05, 0) is 17.6 Å². The van der Waals surface area contributed by atoms with Gasteiger partial charge in [0, 0.05) is 37.7 Å². The zero-order valence-corrected chi connectivity index (χ0v) is 16.9. The van der Waals surface area contributed by atoms with Crippen LogP contribution in [0.3, 0.4) is 0 Å². The van der Waals surface area contributed by atoms with E-state index in [-0.39, 0.29) is 29.5 Å². The average molecular weight is 411 g/mol. The first kappa shape index (κ1) is 20.3. The molecule has 0 radical (unpaired) electrons. The molecule has 0 spiro atoms. The molecule has 8 nitrogen and oxygen atoms in total. The molecule has 0 bridgehead atoms. The third-order valence-corrected chi connectivity index (χ3v) is 5.98. The van der Waals surface area contributed by atoms with E-state index in [1.165, 1.54) is 13.4 Å². The Hall–Kier alpha value is -2.97. The molecule has 1 amide bonds. The highest BCUT2D eigenvalue weighted by atomic mass is 16.5. The minimum Gasteiger partial charge on any atom is -0.464 e. The summed E-state index contributed by atoms with van der Waals surface area (Å²) in [5.74, 6) is 0.0321. The smallest absolute Gasteiger partial charge is 0.360 e. The number of aliphatic hydroxyl groups excluding tert-OH is 1. The monoisotopic (exact) mass is 411 g/mol. The lowest BCUT2D eigenvalue weighted by Crippen LogP contribution is -2.38. The van der Waals surface area contributed by atoms with Crippen molar-refractivity contribution in [1.82, 2.24) is 14.8 Å². The van der Waals surface area contributed by atoms with Crippen LogP contribution in [-0.4, -0.2) is 71.7 Å². The van der Waals surface area contributed by atoms with E-state index < -0.39 is 5.97 Å². The van der Waals surface area contributed by atoms with Crippen LogP contribution in [0.5, 0.6) is 0 Å². The van der Waals surface area contributed by atoms with Gasteiger partial charge in [-0.15, -0.1) is 0 Å². The maximum Gasteiger partial charge on any atom is 0.360 e. The Morgan fingerprint density at radius 3 is 2.80 bits per heavy atom. The fraction of sp³-hybridized carbons (Fsp3) is 0.409. The maximum atomic E-state index is 12.7. The first-order valence-corrected chi connectivity index (χ1v) is 9.91. The number of ether oxygens (including phenoxy) is 1. The molecule has 1 aromatic carbocycles. The molecule has 4 rings (SSSR count). The van der Waals surface area contributed by atoms with E-state index >= 15 is 0 Å². The number of rotatable bonds is 6. The number of aromatic nitrogens is 1. The minimum absolute atomic E-state index is 0.0132. The summed E-state index contributed by atoms with van der Waals surface area (Å²) in [6, 6.07) is 9.70. The van der Waals surface area contributed by atoms with E-state index in [0.29, 0.717) is 32.1 Å². The molecule has 2 aliphatic rings. The number of amides is 1. The number of likely N-dealkylation sites (tertiary alicyclic amines) is 2. The molecule has 0 unspecified atom stereocenters. The molecular formula is C22H25N3O5. The van der Waals surface area contributed by atoms with Gasteiger partial charge in [0.2, 0.25) is 11.8 Å². The van der Waals surface area contributed by atoms with Crippen LogP contribution in [0.4, 0.5) is 0 Å². The minimum atomic E-state index is -0.534. The second-order valence-corrected chi connectivity index (χ2v) is 7.97. The Bertz CT molecular complexity index is 941. The van der Waals surface area contributed by atoms with Crippen LogP contribution in [-0.2, 0) is 16.1 Å². The Morgan fingerprint density at radius 2 is 2.10 bits per heavy atom. The summed E-state index contributed by atoms with van der Waals surface area (Å²) in [7, 11) is 1.30. The topological polar surface area (TPSA) is 96.1 Å². The molecule has 30 heavy (non-hydrogen) atoms. The number of carbonyl (C=O) groups excluding carboxylic acids is 2. The van der Waals surface area contributed by atoms with Crippen LogP contribution < -0.4 is 0 Å². The summed E-state index contributed by atoms with van der Waals surface area (Å²) in [4.78, 5) is 32.3. The van der Waals surface area contributed by atoms with E-state index in [9.17, 15) is 14.7 Å². The third kappa shape index (κ3) is 4.01. The number of benzene rings is 1. The van der Waals surface area contributed by atoms with Crippen LogP contribution in [0.25, 0.3) is 6.08 Å². The number of oxazole rings is 1. The van der Waals surface area contributed by atoms with Gasteiger partial charge in [-0.25, -0.2) is 9.78 Å². The van der Waals surface area contributed by atoms with Gasteiger partial charge in [0.25, 0.3) is 0 Å². The highest BCUT2D eigenvalue weighted by Crippen LogP contribution is 2.42. The summed E-state index contributed by atoms with van der Waals surface area (Å²) in [6.45, 7) is 2.94. The SMILES string of the molecule is COC(=O)c1coc(CN2C[C@H]3CN(C(=O)C=Cc4ccccc4)C[C@@]3(CO)C2)n1. The number of hydrogen-bond acceptors (Lipinski definition) is 7. The van der Waals surface area contributed by atoms with Crippen molar-refractivity contribution in [2.45, 2.75) is 6.54 Å². The quantitative estimate of drug-likeness (QED) is 0.567. The molecule has 1 aromatic heterocycles. The molecule has 2 aromatic rings. The predicted molar refractivity (Wildman–Crippen MR) is 108 cm³/mol. The van der Waals surface area contributed by atoms with Gasteiger partial charge in [0.15, 0.2) is 5.69 Å². The van der Waals surface area contributed by atoms with Crippen LogP contribution >= 0.6 is 0 Å². The van der Waals surface area contributed by atoms with Crippen molar-refractivity contribution < 1.29 is 23.8 Å². The largest absolute Gasteiger partial charge is 0.464 e. The van der Waals surface area contributed by atoms with Crippen molar-refractivity contribution in [2.75, 3.05) is 39.9 Å². The molecule has 1 N–H and O–H groups in total. The molecule has 0 aliphatic carbocycles. The number of methoxy groups -OCH3 is 1. The number of aliphatic hydroxyl groups is 1. The zero-order valence-electron chi connectivity index (χ0n) is 16.9.